The van der Waals surface area contributed by atoms with Crippen molar-refractivity contribution < 1.29 is 9.32 Å². The van der Waals surface area contributed by atoms with E-state index < -0.39 is 0 Å². The largest absolute Gasteiger partial charge is 0.350 e. The van der Waals surface area contributed by atoms with Gasteiger partial charge in [-0.25, -0.2) is 4.98 Å². The maximum absolute atomic E-state index is 12.3. The molecule has 0 aliphatic carbocycles. The second kappa shape index (κ2) is 8.18. The van der Waals surface area contributed by atoms with E-state index in [4.69, 9.17) is 4.52 Å². The molecule has 0 fully saturated rings. The van der Waals surface area contributed by atoms with Crippen LogP contribution in [0.25, 0.3) is 16.4 Å². The summed E-state index contributed by atoms with van der Waals surface area (Å²) in [5, 5.41) is 8.93. The molecule has 1 atom stereocenters. The highest BCUT2D eigenvalue weighted by Crippen LogP contribution is 2.21. The molecule has 0 bridgehead atoms. The molecule has 4 aromatic rings. The summed E-state index contributed by atoms with van der Waals surface area (Å²) in [5.74, 6) is 0.981. The summed E-state index contributed by atoms with van der Waals surface area (Å²) in [7, 11) is 0. The Balaban J connectivity index is 1.30. The number of hydrogen-bond acceptors (Lipinski definition) is 6. The van der Waals surface area contributed by atoms with Crippen molar-refractivity contribution in [3.8, 4) is 16.4 Å². The van der Waals surface area contributed by atoms with Gasteiger partial charge in [-0.05, 0) is 36.1 Å². The summed E-state index contributed by atoms with van der Waals surface area (Å²) >= 11 is 1.55. The number of hydrogen-bond donors (Lipinski definition) is 1. The monoisotopic (exact) mass is 393 g/mol. The Morgan fingerprint density at radius 3 is 2.86 bits per heavy atom. The molecule has 0 saturated heterocycles. The van der Waals surface area contributed by atoms with E-state index in [-0.39, 0.29) is 11.9 Å². The third-order valence-electron chi connectivity index (χ3n) is 4.35. The van der Waals surface area contributed by atoms with Gasteiger partial charge in [0, 0.05) is 30.9 Å². The molecule has 142 valence electrons. The van der Waals surface area contributed by atoms with Crippen LogP contribution >= 0.6 is 11.3 Å². The Kier molecular flexibility index (Phi) is 5.29. The number of thiophene rings is 1. The average molecular weight is 393 g/mol. The molecule has 4 rings (SSSR count). The van der Waals surface area contributed by atoms with Crippen molar-refractivity contribution >= 4 is 17.2 Å². The Morgan fingerprint density at radius 2 is 2.14 bits per heavy atom. The van der Waals surface area contributed by atoms with Crippen molar-refractivity contribution in [1.29, 1.82) is 0 Å². The Bertz CT molecular complexity index is 1020. The number of aromatic nitrogens is 4. The molecule has 1 aromatic carbocycles. The smallest absolute Gasteiger partial charge is 0.227 e. The second-order valence-corrected chi connectivity index (χ2v) is 7.29. The van der Waals surface area contributed by atoms with E-state index in [1.165, 1.54) is 0 Å². The molecule has 0 aliphatic heterocycles. The van der Waals surface area contributed by atoms with E-state index in [9.17, 15) is 4.79 Å². The second-order valence-electron chi connectivity index (χ2n) is 6.34. The van der Waals surface area contributed by atoms with Crippen LogP contribution in [0.3, 0.4) is 0 Å². The van der Waals surface area contributed by atoms with E-state index in [1.54, 1.807) is 23.9 Å². The van der Waals surface area contributed by atoms with Crippen molar-refractivity contribution in [2.24, 2.45) is 0 Å². The van der Waals surface area contributed by atoms with Crippen LogP contribution in [0, 0.1) is 0 Å². The van der Waals surface area contributed by atoms with E-state index in [0.717, 1.165) is 16.1 Å². The maximum atomic E-state index is 12.3. The van der Waals surface area contributed by atoms with Crippen molar-refractivity contribution in [2.45, 2.75) is 25.8 Å². The van der Waals surface area contributed by atoms with E-state index in [1.807, 2.05) is 59.5 Å². The van der Waals surface area contributed by atoms with Gasteiger partial charge in [0.15, 0.2) is 0 Å². The molecule has 1 N–H and O–H groups in total. The van der Waals surface area contributed by atoms with Crippen LogP contribution in [0.1, 0.15) is 30.8 Å². The van der Waals surface area contributed by atoms with Crippen LogP contribution in [0.15, 0.2) is 65.0 Å². The number of nitrogens with zero attached hydrogens (tertiary/aromatic N) is 4. The highest BCUT2D eigenvalue weighted by Gasteiger charge is 2.13. The third-order valence-corrected chi connectivity index (χ3v) is 5.21. The summed E-state index contributed by atoms with van der Waals surface area (Å²) in [6, 6.07) is 11.8. The van der Waals surface area contributed by atoms with Gasteiger partial charge in [-0.1, -0.05) is 23.4 Å². The molecule has 3 heterocycles. The van der Waals surface area contributed by atoms with Crippen LogP contribution in [-0.2, 0) is 11.2 Å². The number of carbonyl (C=O) groups excluding carboxylic acids is 1. The van der Waals surface area contributed by atoms with Gasteiger partial charge in [0.05, 0.1) is 17.2 Å². The van der Waals surface area contributed by atoms with Crippen LogP contribution in [0.4, 0.5) is 0 Å². The topological polar surface area (TPSA) is 85.8 Å². The first kappa shape index (κ1) is 18.1. The number of benzene rings is 1. The summed E-state index contributed by atoms with van der Waals surface area (Å²) in [4.78, 5) is 21.6. The molecule has 28 heavy (non-hydrogen) atoms. The predicted molar refractivity (Wildman–Crippen MR) is 106 cm³/mol. The number of nitrogens with one attached hydrogen (secondary N) is 1. The molecular formula is C20H19N5O2S. The van der Waals surface area contributed by atoms with Gasteiger partial charge in [0.1, 0.15) is 0 Å². The number of rotatable bonds is 7. The highest BCUT2D eigenvalue weighted by atomic mass is 32.1. The summed E-state index contributed by atoms with van der Waals surface area (Å²) < 4.78 is 7.17. The quantitative estimate of drug-likeness (QED) is 0.516. The summed E-state index contributed by atoms with van der Waals surface area (Å²) in [6.07, 6.45) is 6.09. The zero-order valence-corrected chi connectivity index (χ0v) is 16.1. The minimum Gasteiger partial charge on any atom is -0.350 e. The highest BCUT2D eigenvalue weighted by molar-refractivity contribution is 7.13. The standard InChI is InChI=1S/C20H19N5O2S/c1-14(15-4-6-16(7-5-15)25-11-10-21-13-25)22-18(26)8-9-19-23-20(24-27-19)17-3-2-12-28-17/h2-7,10-14H,8-9H2,1H3,(H,22,26)/t14-/m0/s1. The Hall–Kier alpha value is -3.26. The normalized spacial score (nSPS) is 12.0. The molecule has 0 unspecified atom stereocenters. The average Bonchev–Trinajstić information content (AvgIpc) is 3.49. The lowest BCUT2D eigenvalue weighted by molar-refractivity contribution is -0.121. The SMILES string of the molecule is C[C@H](NC(=O)CCc1nc(-c2cccs2)no1)c1ccc(-n2ccnc2)cc1. The van der Waals surface area contributed by atoms with Gasteiger partial charge in [0.25, 0.3) is 0 Å². The van der Waals surface area contributed by atoms with E-state index >= 15 is 0 Å². The zero-order valence-electron chi connectivity index (χ0n) is 15.3. The van der Waals surface area contributed by atoms with Gasteiger partial charge in [0.2, 0.25) is 17.6 Å². The lowest BCUT2D eigenvalue weighted by Gasteiger charge is -2.14. The van der Waals surface area contributed by atoms with Gasteiger partial charge < -0.3 is 14.4 Å². The number of imidazole rings is 1. The fraction of sp³-hybridized carbons (Fsp3) is 0.200. The molecule has 1 amide bonds. The van der Waals surface area contributed by atoms with Crippen molar-refractivity contribution in [1.82, 2.24) is 25.0 Å². The first-order valence-corrected chi connectivity index (χ1v) is 9.81. The van der Waals surface area contributed by atoms with Crippen LogP contribution in [0.5, 0.6) is 0 Å². The molecule has 8 heteroatoms. The van der Waals surface area contributed by atoms with Crippen LogP contribution in [-0.4, -0.2) is 25.6 Å². The molecule has 0 saturated carbocycles. The Morgan fingerprint density at radius 1 is 1.29 bits per heavy atom. The summed E-state index contributed by atoms with van der Waals surface area (Å²) in [5.41, 5.74) is 2.06. The number of aryl methyl sites for hydroxylation is 1. The third kappa shape index (κ3) is 4.17. The van der Waals surface area contributed by atoms with Crippen molar-refractivity contribution in [2.75, 3.05) is 0 Å². The molecule has 0 radical (unpaired) electrons. The minimum absolute atomic E-state index is 0.0536. The van der Waals surface area contributed by atoms with Crippen LogP contribution in [0.2, 0.25) is 0 Å². The van der Waals surface area contributed by atoms with Gasteiger partial charge in [-0.3, -0.25) is 4.79 Å². The fourth-order valence-electron chi connectivity index (χ4n) is 2.83. The lowest BCUT2D eigenvalue weighted by atomic mass is 10.1. The first-order valence-electron chi connectivity index (χ1n) is 8.93. The van der Waals surface area contributed by atoms with Gasteiger partial charge in [-0.15, -0.1) is 11.3 Å². The first-order chi connectivity index (χ1) is 13.7. The zero-order chi connectivity index (χ0) is 19.3. The number of amides is 1. The van der Waals surface area contributed by atoms with Crippen LogP contribution < -0.4 is 5.32 Å². The van der Waals surface area contributed by atoms with E-state index in [2.05, 4.69) is 20.4 Å². The molecule has 0 aliphatic rings. The minimum atomic E-state index is -0.0892. The Labute approximate surface area is 166 Å². The molecular weight excluding hydrogens is 374 g/mol. The van der Waals surface area contributed by atoms with Crippen molar-refractivity contribution in [3.05, 3.63) is 72.0 Å². The fourth-order valence-corrected chi connectivity index (χ4v) is 3.48. The predicted octanol–water partition coefficient (Wildman–Crippen LogP) is 3.79. The van der Waals surface area contributed by atoms with E-state index in [0.29, 0.717) is 24.6 Å². The lowest BCUT2D eigenvalue weighted by Crippen LogP contribution is -2.26. The number of carbonyl (C=O) groups is 1. The maximum Gasteiger partial charge on any atom is 0.227 e. The van der Waals surface area contributed by atoms with Crippen molar-refractivity contribution in [3.63, 3.8) is 0 Å². The van der Waals surface area contributed by atoms with Gasteiger partial charge >= 0.3 is 0 Å². The summed E-state index contributed by atoms with van der Waals surface area (Å²) in [6.45, 7) is 1.96. The molecule has 3 aromatic heterocycles. The molecule has 0 spiro atoms. The molecule has 7 nitrogen and oxygen atoms in total. The van der Waals surface area contributed by atoms with Gasteiger partial charge in [-0.2, -0.15) is 4.98 Å².